The Kier molecular flexibility index (Phi) is 6.40. The van der Waals surface area contributed by atoms with Gasteiger partial charge in [-0.05, 0) is 18.1 Å². The van der Waals surface area contributed by atoms with Gasteiger partial charge in [-0.2, -0.15) is 0 Å². The fourth-order valence-corrected chi connectivity index (χ4v) is 4.11. The molecule has 5 nitrogen and oxygen atoms in total. The Labute approximate surface area is 166 Å². The van der Waals surface area contributed by atoms with Crippen LogP contribution < -0.4 is 0 Å². The lowest BCUT2D eigenvalue weighted by molar-refractivity contribution is -0.293. The second-order valence-corrected chi connectivity index (χ2v) is 7.42. The lowest BCUT2D eigenvalue weighted by Gasteiger charge is -2.43. The Morgan fingerprint density at radius 3 is 2.00 bits per heavy atom. The highest BCUT2D eigenvalue weighted by molar-refractivity contribution is 5.14. The number of hydrogen-bond donors (Lipinski definition) is 0. The molecule has 5 heteroatoms. The normalized spacial score (nSPS) is 32.2. The van der Waals surface area contributed by atoms with Crippen LogP contribution in [0.2, 0.25) is 0 Å². The lowest BCUT2D eigenvalue weighted by atomic mass is 9.87. The zero-order valence-corrected chi connectivity index (χ0v) is 16.4. The fraction of sp³-hybridized carbons (Fsp3) is 0.478. The van der Waals surface area contributed by atoms with Crippen LogP contribution in [0.3, 0.4) is 0 Å². The van der Waals surface area contributed by atoms with Crippen molar-refractivity contribution in [2.75, 3.05) is 13.7 Å². The van der Waals surface area contributed by atoms with E-state index in [-0.39, 0.29) is 30.3 Å². The third-order valence-electron chi connectivity index (χ3n) is 5.58. The van der Waals surface area contributed by atoms with Crippen molar-refractivity contribution in [1.82, 2.24) is 0 Å². The van der Waals surface area contributed by atoms with Crippen molar-refractivity contribution in [3.63, 3.8) is 0 Å². The molecule has 2 aromatic rings. The van der Waals surface area contributed by atoms with E-state index in [1.54, 1.807) is 7.11 Å². The van der Waals surface area contributed by atoms with Gasteiger partial charge in [0.25, 0.3) is 0 Å². The SMILES string of the molecule is CO[C@H]1O[C@@H]2CO[C@H](C)[C@H]2[C@H](OCc2ccccc2)[C@H]1OCc1ccccc1. The molecular weight excluding hydrogens is 356 g/mol. The van der Waals surface area contributed by atoms with E-state index in [1.165, 1.54) is 0 Å². The highest BCUT2D eigenvalue weighted by atomic mass is 16.7. The molecule has 0 aliphatic carbocycles. The second kappa shape index (κ2) is 9.16. The highest BCUT2D eigenvalue weighted by Crippen LogP contribution is 2.38. The summed E-state index contributed by atoms with van der Waals surface area (Å²) in [5.41, 5.74) is 2.24. The van der Waals surface area contributed by atoms with Crippen LogP contribution in [0.1, 0.15) is 18.1 Å². The number of fused-ring (bicyclic) bond motifs is 1. The van der Waals surface area contributed by atoms with Gasteiger partial charge in [-0.15, -0.1) is 0 Å². The van der Waals surface area contributed by atoms with Crippen LogP contribution in [0, 0.1) is 5.92 Å². The molecule has 2 heterocycles. The van der Waals surface area contributed by atoms with Gasteiger partial charge in [0.05, 0.1) is 38.1 Å². The molecule has 0 radical (unpaired) electrons. The fourth-order valence-electron chi connectivity index (χ4n) is 4.11. The molecule has 2 aromatic carbocycles. The standard InChI is InChI=1S/C23H28O5/c1-16-20-19(15-25-16)28-23(24-2)22(27-14-18-11-7-4-8-12-18)21(20)26-13-17-9-5-3-6-10-17/h3-12,16,19-23H,13-15H2,1-2H3/t16-,19-,20-,21+,22-,23+/m1/s1. The maximum Gasteiger partial charge on any atom is 0.186 e. The Morgan fingerprint density at radius 2 is 1.43 bits per heavy atom. The third-order valence-corrected chi connectivity index (χ3v) is 5.58. The summed E-state index contributed by atoms with van der Waals surface area (Å²) in [6.07, 6.45) is -0.993. The van der Waals surface area contributed by atoms with Crippen LogP contribution in [0.25, 0.3) is 0 Å². The minimum Gasteiger partial charge on any atom is -0.375 e. The van der Waals surface area contributed by atoms with Crippen LogP contribution in [-0.4, -0.2) is 44.4 Å². The molecule has 150 valence electrons. The van der Waals surface area contributed by atoms with E-state index in [4.69, 9.17) is 23.7 Å². The Hall–Kier alpha value is -1.76. The summed E-state index contributed by atoms with van der Waals surface area (Å²) in [6.45, 7) is 3.63. The topological polar surface area (TPSA) is 46.2 Å². The van der Waals surface area contributed by atoms with Crippen molar-refractivity contribution >= 4 is 0 Å². The number of rotatable bonds is 7. The first-order valence-electron chi connectivity index (χ1n) is 9.87. The first-order valence-corrected chi connectivity index (χ1v) is 9.87. The molecule has 0 amide bonds. The van der Waals surface area contributed by atoms with Gasteiger partial charge in [-0.1, -0.05) is 60.7 Å². The van der Waals surface area contributed by atoms with Crippen LogP contribution >= 0.6 is 0 Å². The van der Waals surface area contributed by atoms with Crippen molar-refractivity contribution in [2.24, 2.45) is 5.92 Å². The number of methoxy groups -OCH3 is 1. The average molecular weight is 384 g/mol. The molecule has 28 heavy (non-hydrogen) atoms. The molecule has 2 aliphatic rings. The first kappa shape index (κ1) is 19.6. The predicted octanol–water partition coefficient (Wildman–Crippen LogP) is 3.56. The largest absolute Gasteiger partial charge is 0.375 e. The van der Waals surface area contributed by atoms with Crippen LogP contribution in [-0.2, 0) is 36.9 Å². The molecule has 2 fully saturated rings. The van der Waals surface area contributed by atoms with Gasteiger partial charge in [0.2, 0.25) is 0 Å². The molecule has 0 N–H and O–H groups in total. The zero-order valence-electron chi connectivity index (χ0n) is 16.4. The summed E-state index contributed by atoms with van der Waals surface area (Å²) in [4.78, 5) is 0. The molecule has 6 atom stereocenters. The molecule has 0 aromatic heterocycles. The van der Waals surface area contributed by atoms with E-state index < -0.39 is 6.29 Å². The van der Waals surface area contributed by atoms with Crippen molar-refractivity contribution < 1.29 is 23.7 Å². The van der Waals surface area contributed by atoms with E-state index in [0.717, 1.165) is 11.1 Å². The van der Waals surface area contributed by atoms with E-state index in [1.807, 2.05) is 36.4 Å². The summed E-state index contributed by atoms with van der Waals surface area (Å²) in [7, 11) is 1.65. The Morgan fingerprint density at radius 1 is 0.857 bits per heavy atom. The molecule has 4 rings (SSSR count). The van der Waals surface area contributed by atoms with Crippen molar-refractivity contribution in [3.05, 3.63) is 71.8 Å². The van der Waals surface area contributed by atoms with Crippen molar-refractivity contribution in [1.29, 1.82) is 0 Å². The number of benzene rings is 2. The summed E-state index contributed by atoms with van der Waals surface area (Å²) in [5.74, 6) is 0.107. The molecular formula is C23H28O5. The van der Waals surface area contributed by atoms with Gasteiger partial charge in [-0.3, -0.25) is 0 Å². The summed E-state index contributed by atoms with van der Waals surface area (Å²) in [5, 5.41) is 0. The van der Waals surface area contributed by atoms with Crippen molar-refractivity contribution in [3.8, 4) is 0 Å². The molecule has 0 unspecified atom stereocenters. The third kappa shape index (κ3) is 4.29. The smallest absolute Gasteiger partial charge is 0.186 e. The van der Waals surface area contributed by atoms with E-state index in [2.05, 4.69) is 31.2 Å². The number of ether oxygens (including phenoxy) is 5. The maximum atomic E-state index is 6.42. The molecule has 2 saturated heterocycles. The highest BCUT2D eigenvalue weighted by Gasteiger charge is 2.53. The predicted molar refractivity (Wildman–Crippen MR) is 105 cm³/mol. The van der Waals surface area contributed by atoms with Gasteiger partial charge in [-0.25, -0.2) is 0 Å². The second-order valence-electron chi connectivity index (χ2n) is 7.42. The van der Waals surface area contributed by atoms with Gasteiger partial charge >= 0.3 is 0 Å². The van der Waals surface area contributed by atoms with E-state index >= 15 is 0 Å². The van der Waals surface area contributed by atoms with Gasteiger partial charge < -0.3 is 23.7 Å². The zero-order chi connectivity index (χ0) is 19.3. The Balaban J connectivity index is 1.53. The Bertz CT molecular complexity index is 722. The van der Waals surface area contributed by atoms with E-state index in [0.29, 0.717) is 19.8 Å². The minimum atomic E-state index is -0.486. The summed E-state index contributed by atoms with van der Waals surface area (Å²) >= 11 is 0. The summed E-state index contributed by atoms with van der Waals surface area (Å²) in [6, 6.07) is 20.3. The van der Waals surface area contributed by atoms with Crippen LogP contribution in [0.5, 0.6) is 0 Å². The molecule has 0 spiro atoms. The average Bonchev–Trinajstić information content (AvgIpc) is 3.12. The van der Waals surface area contributed by atoms with Crippen LogP contribution in [0.15, 0.2) is 60.7 Å². The first-order chi connectivity index (χ1) is 13.8. The van der Waals surface area contributed by atoms with Gasteiger partial charge in [0.15, 0.2) is 6.29 Å². The molecule has 0 bridgehead atoms. The lowest BCUT2D eigenvalue weighted by Crippen LogP contribution is -2.57. The van der Waals surface area contributed by atoms with E-state index in [9.17, 15) is 0 Å². The maximum absolute atomic E-state index is 6.42. The van der Waals surface area contributed by atoms with Crippen molar-refractivity contribution in [2.45, 2.75) is 50.8 Å². The van der Waals surface area contributed by atoms with Gasteiger partial charge in [0.1, 0.15) is 6.10 Å². The summed E-state index contributed by atoms with van der Waals surface area (Å²) < 4.78 is 30.4. The quantitative estimate of drug-likeness (QED) is 0.730. The monoisotopic (exact) mass is 384 g/mol. The number of hydrogen-bond acceptors (Lipinski definition) is 5. The van der Waals surface area contributed by atoms with Crippen LogP contribution in [0.4, 0.5) is 0 Å². The minimum absolute atomic E-state index is 0.0442. The van der Waals surface area contributed by atoms with Gasteiger partial charge in [0, 0.05) is 13.0 Å². The molecule has 2 aliphatic heterocycles. The molecule has 0 saturated carbocycles.